The van der Waals surface area contributed by atoms with Gasteiger partial charge in [-0.1, -0.05) is 28.8 Å². The molecule has 0 aliphatic heterocycles. The van der Waals surface area contributed by atoms with Crippen molar-refractivity contribution in [1.29, 1.82) is 0 Å². The molecule has 1 saturated carbocycles. The zero-order valence-corrected chi connectivity index (χ0v) is 11.6. The molecule has 1 N–H and O–H groups in total. The van der Waals surface area contributed by atoms with Crippen molar-refractivity contribution in [3.8, 4) is 0 Å². The molecule has 1 aliphatic rings. The molecular weight excluding hydrogens is 299 g/mol. The van der Waals surface area contributed by atoms with Crippen LogP contribution in [0.4, 0.5) is 4.39 Å². The monoisotopic (exact) mass is 314 g/mol. The molecule has 4 heteroatoms. The van der Waals surface area contributed by atoms with Gasteiger partial charge in [0.2, 0.25) is 0 Å². The first kappa shape index (κ1) is 13.5. The third-order valence-electron chi connectivity index (χ3n) is 3.72. The maximum absolute atomic E-state index is 13.2. The molecule has 98 valence electrons. The Kier molecular flexibility index (Phi) is 4.38. The predicted octanol–water partition coefficient (Wildman–Crippen LogP) is 4.02. The summed E-state index contributed by atoms with van der Waals surface area (Å²) >= 11 is 3.40. The fourth-order valence-corrected chi connectivity index (χ4v) is 3.17. The highest BCUT2D eigenvalue weighted by atomic mass is 79.9. The van der Waals surface area contributed by atoms with E-state index in [1.54, 1.807) is 6.07 Å². The molecule has 0 amide bonds. The van der Waals surface area contributed by atoms with Crippen LogP contribution in [0.2, 0.25) is 0 Å². The fourth-order valence-electron chi connectivity index (χ4n) is 2.76. The molecule has 0 heterocycles. The van der Waals surface area contributed by atoms with Gasteiger partial charge < -0.3 is 5.11 Å². The average Bonchev–Trinajstić information content (AvgIpc) is 2.34. The van der Waals surface area contributed by atoms with Crippen LogP contribution < -0.4 is 0 Å². The summed E-state index contributed by atoms with van der Waals surface area (Å²) in [6.45, 7) is 0. The van der Waals surface area contributed by atoms with Crippen LogP contribution in [0.25, 0.3) is 0 Å². The van der Waals surface area contributed by atoms with Crippen molar-refractivity contribution in [1.82, 2.24) is 0 Å². The number of hydrogen-bond acceptors (Lipinski definition) is 1. The van der Waals surface area contributed by atoms with Gasteiger partial charge in [-0.15, -0.1) is 0 Å². The summed E-state index contributed by atoms with van der Waals surface area (Å²) in [7, 11) is 0. The topological polar surface area (TPSA) is 37.3 Å². The normalized spacial score (nSPS) is 23.9. The molecule has 1 fully saturated rings. The molecule has 2 atom stereocenters. The standard InChI is InChI=1S/C14H16BrFO2/c15-13-6-5-11(16)8-10(13)7-9-3-1-2-4-12(9)14(17)18/h5-6,8-9,12H,1-4,7H2,(H,17,18). The lowest BCUT2D eigenvalue weighted by molar-refractivity contribution is -0.144. The molecule has 2 nitrogen and oxygen atoms in total. The van der Waals surface area contributed by atoms with E-state index in [4.69, 9.17) is 0 Å². The molecule has 1 aliphatic carbocycles. The number of benzene rings is 1. The van der Waals surface area contributed by atoms with Crippen molar-refractivity contribution < 1.29 is 14.3 Å². The van der Waals surface area contributed by atoms with Gasteiger partial charge in [-0.2, -0.15) is 0 Å². The first-order chi connectivity index (χ1) is 8.58. The van der Waals surface area contributed by atoms with Gasteiger partial charge in [0, 0.05) is 4.47 Å². The van der Waals surface area contributed by atoms with Crippen molar-refractivity contribution in [3.63, 3.8) is 0 Å². The van der Waals surface area contributed by atoms with E-state index in [0.29, 0.717) is 6.42 Å². The summed E-state index contributed by atoms with van der Waals surface area (Å²) in [5.74, 6) is -1.15. The average molecular weight is 315 g/mol. The first-order valence-electron chi connectivity index (χ1n) is 6.24. The molecular formula is C14H16BrFO2. The Hall–Kier alpha value is -0.900. The van der Waals surface area contributed by atoms with Crippen LogP contribution in [-0.2, 0) is 11.2 Å². The lowest BCUT2D eigenvalue weighted by Crippen LogP contribution is -2.28. The van der Waals surface area contributed by atoms with E-state index < -0.39 is 5.97 Å². The summed E-state index contributed by atoms with van der Waals surface area (Å²) in [5, 5.41) is 9.22. The first-order valence-corrected chi connectivity index (χ1v) is 7.04. The SMILES string of the molecule is O=C(O)C1CCCCC1Cc1cc(F)ccc1Br. The number of carboxylic acid groups (broad SMARTS) is 1. The number of aliphatic carboxylic acids is 1. The molecule has 1 aromatic rings. The number of halogens is 2. The minimum atomic E-state index is -0.716. The quantitative estimate of drug-likeness (QED) is 0.914. The highest BCUT2D eigenvalue weighted by Gasteiger charge is 2.31. The molecule has 2 rings (SSSR count). The second-order valence-corrected chi connectivity index (χ2v) is 5.78. The zero-order valence-electron chi connectivity index (χ0n) is 10.0. The number of carboxylic acids is 1. The van der Waals surface area contributed by atoms with Gasteiger partial charge >= 0.3 is 5.97 Å². The van der Waals surface area contributed by atoms with Crippen LogP contribution in [0.3, 0.4) is 0 Å². The fraction of sp³-hybridized carbons (Fsp3) is 0.500. The Labute approximate surface area is 114 Å². The molecule has 18 heavy (non-hydrogen) atoms. The van der Waals surface area contributed by atoms with Crippen molar-refractivity contribution in [3.05, 3.63) is 34.1 Å². The van der Waals surface area contributed by atoms with E-state index in [0.717, 1.165) is 35.7 Å². The molecule has 0 radical (unpaired) electrons. The molecule has 2 unspecified atom stereocenters. The predicted molar refractivity (Wildman–Crippen MR) is 70.9 cm³/mol. The second-order valence-electron chi connectivity index (χ2n) is 4.93. The Morgan fingerprint density at radius 3 is 2.83 bits per heavy atom. The van der Waals surface area contributed by atoms with Gasteiger partial charge in [0.15, 0.2) is 0 Å². The molecule has 0 saturated heterocycles. The number of carbonyl (C=O) groups is 1. The highest BCUT2D eigenvalue weighted by molar-refractivity contribution is 9.10. The molecule has 0 spiro atoms. The molecule has 0 bridgehead atoms. The molecule has 0 aromatic heterocycles. The Bertz CT molecular complexity index is 447. The van der Waals surface area contributed by atoms with Crippen LogP contribution in [0.15, 0.2) is 22.7 Å². The largest absolute Gasteiger partial charge is 0.481 e. The van der Waals surface area contributed by atoms with E-state index in [9.17, 15) is 14.3 Å². The number of rotatable bonds is 3. The second kappa shape index (κ2) is 5.83. The Morgan fingerprint density at radius 2 is 2.11 bits per heavy atom. The summed E-state index contributed by atoms with van der Waals surface area (Å²) in [6, 6.07) is 4.59. The van der Waals surface area contributed by atoms with Gasteiger partial charge in [0.1, 0.15) is 5.82 Å². The maximum Gasteiger partial charge on any atom is 0.306 e. The number of hydrogen-bond donors (Lipinski definition) is 1. The lowest BCUT2D eigenvalue weighted by Gasteiger charge is -2.28. The van der Waals surface area contributed by atoms with Gasteiger partial charge in [-0.3, -0.25) is 4.79 Å². The summed E-state index contributed by atoms with van der Waals surface area (Å²) in [5.41, 5.74) is 0.869. The van der Waals surface area contributed by atoms with Crippen LogP contribution in [0.1, 0.15) is 31.2 Å². The lowest BCUT2D eigenvalue weighted by atomic mass is 9.76. The van der Waals surface area contributed by atoms with Crippen LogP contribution >= 0.6 is 15.9 Å². The summed E-state index contributed by atoms with van der Waals surface area (Å²) < 4.78 is 14.1. The van der Waals surface area contributed by atoms with Crippen molar-refractivity contribution in [2.45, 2.75) is 32.1 Å². The van der Waals surface area contributed by atoms with Crippen LogP contribution in [0, 0.1) is 17.7 Å². The van der Waals surface area contributed by atoms with E-state index in [1.807, 2.05) is 0 Å². The minimum Gasteiger partial charge on any atom is -0.481 e. The third-order valence-corrected chi connectivity index (χ3v) is 4.49. The highest BCUT2D eigenvalue weighted by Crippen LogP contribution is 2.34. The van der Waals surface area contributed by atoms with Gasteiger partial charge in [0.25, 0.3) is 0 Å². The van der Waals surface area contributed by atoms with E-state index >= 15 is 0 Å². The van der Waals surface area contributed by atoms with Crippen LogP contribution in [0.5, 0.6) is 0 Å². The smallest absolute Gasteiger partial charge is 0.306 e. The summed E-state index contributed by atoms with van der Waals surface area (Å²) in [6.07, 6.45) is 4.35. The van der Waals surface area contributed by atoms with Crippen molar-refractivity contribution in [2.75, 3.05) is 0 Å². The zero-order chi connectivity index (χ0) is 13.1. The van der Waals surface area contributed by atoms with Gasteiger partial charge in [0.05, 0.1) is 5.92 Å². The van der Waals surface area contributed by atoms with E-state index in [-0.39, 0.29) is 17.7 Å². The maximum atomic E-state index is 13.2. The van der Waals surface area contributed by atoms with E-state index in [1.165, 1.54) is 12.1 Å². The Balaban J connectivity index is 2.15. The van der Waals surface area contributed by atoms with E-state index in [2.05, 4.69) is 15.9 Å². The van der Waals surface area contributed by atoms with Crippen LogP contribution in [-0.4, -0.2) is 11.1 Å². The Morgan fingerprint density at radius 1 is 1.39 bits per heavy atom. The van der Waals surface area contributed by atoms with Crippen molar-refractivity contribution >= 4 is 21.9 Å². The van der Waals surface area contributed by atoms with Gasteiger partial charge in [-0.25, -0.2) is 4.39 Å². The molecule has 1 aromatic carbocycles. The third kappa shape index (κ3) is 3.10. The van der Waals surface area contributed by atoms with Gasteiger partial charge in [-0.05, 0) is 48.9 Å². The summed E-state index contributed by atoms with van der Waals surface area (Å²) in [4.78, 5) is 11.2. The van der Waals surface area contributed by atoms with Crippen molar-refractivity contribution in [2.24, 2.45) is 11.8 Å². The minimum absolute atomic E-state index is 0.120.